The largest absolute Gasteiger partial charge is 0.310 e. The summed E-state index contributed by atoms with van der Waals surface area (Å²) >= 11 is 0. The molecule has 2 heteroatoms. The van der Waals surface area contributed by atoms with E-state index in [-0.39, 0.29) is 0 Å². The minimum absolute atomic E-state index is 1.01. The molecule has 0 atom stereocenters. The summed E-state index contributed by atoms with van der Waals surface area (Å²) in [5, 5.41) is 4.36. The molecule has 0 fully saturated rings. The Morgan fingerprint density at radius 1 is 1.25 bits per heavy atom. The molecular formula is C14H20N2. The number of hydrazone groups is 1. The summed E-state index contributed by atoms with van der Waals surface area (Å²) in [6.07, 6.45) is 6.03. The maximum absolute atomic E-state index is 4.36. The molecule has 1 aromatic carbocycles. The Hall–Kier alpha value is -1.31. The highest BCUT2D eigenvalue weighted by molar-refractivity contribution is 6.00. The lowest BCUT2D eigenvalue weighted by atomic mass is 10.0. The maximum atomic E-state index is 4.36. The van der Waals surface area contributed by atoms with Gasteiger partial charge in [-0.25, -0.2) is 0 Å². The summed E-state index contributed by atoms with van der Waals surface area (Å²) in [5.74, 6) is 0. The van der Waals surface area contributed by atoms with Gasteiger partial charge in [-0.15, -0.1) is 0 Å². The van der Waals surface area contributed by atoms with Crippen molar-refractivity contribution in [1.29, 1.82) is 0 Å². The zero-order chi connectivity index (χ0) is 11.2. The molecule has 16 heavy (non-hydrogen) atoms. The van der Waals surface area contributed by atoms with E-state index in [4.69, 9.17) is 0 Å². The molecule has 0 aromatic heterocycles. The van der Waals surface area contributed by atoms with Crippen molar-refractivity contribution in [1.82, 2.24) is 5.43 Å². The van der Waals surface area contributed by atoms with E-state index in [2.05, 4.69) is 41.7 Å². The van der Waals surface area contributed by atoms with Gasteiger partial charge in [-0.3, -0.25) is 0 Å². The molecule has 0 saturated heterocycles. The van der Waals surface area contributed by atoms with Crippen molar-refractivity contribution in [3.05, 3.63) is 35.4 Å². The van der Waals surface area contributed by atoms with E-state index in [1.54, 1.807) is 0 Å². The van der Waals surface area contributed by atoms with Crippen molar-refractivity contribution < 1.29 is 0 Å². The number of hydrogen-bond donors (Lipinski definition) is 1. The predicted octanol–water partition coefficient (Wildman–Crippen LogP) is 3.12. The van der Waals surface area contributed by atoms with Gasteiger partial charge in [0, 0.05) is 6.54 Å². The van der Waals surface area contributed by atoms with Crippen molar-refractivity contribution >= 4 is 5.71 Å². The third-order valence-electron chi connectivity index (χ3n) is 3.02. The molecule has 1 heterocycles. The highest BCUT2D eigenvalue weighted by Gasteiger charge is 2.07. The summed E-state index contributed by atoms with van der Waals surface area (Å²) in [5.41, 5.74) is 6.98. The van der Waals surface area contributed by atoms with E-state index in [9.17, 15) is 0 Å². The van der Waals surface area contributed by atoms with Crippen LogP contribution in [0.5, 0.6) is 0 Å². The predicted molar refractivity (Wildman–Crippen MR) is 68.8 cm³/mol. The minimum Gasteiger partial charge on any atom is -0.310 e. The Morgan fingerprint density at radius 3 is 2.69 bits per heavy atom. The molecular weight excluding hydrogens is 196 g/mol. The van der Waals surface area contributed by atoms with Crippen LogP contribution in [0.3, 0.4) is 0 Å². The highest BCUT2D eigenvalue weighted by Crippen LogP contribution is 2.12. The van der Waals surface area contributed by atoms with Crippen LogP contribution < -0.4 is 5.43 Å². The second-order valence-electron chi connectivity index (χ2n) is 4.37. The van der Waals surface area contributed by atoms with E-state index < -0.39 is 0 Å². The van der Waals surface area contributed by atoms with Gasteiger partial charge in [0.1, 0.15) is 0 Å². The van der Waals surface area contributed by atoms with E-state index in [1.807, 2.05) is 0 Å². The van der Waals surface area contributed by atoms with Gasteiger partial charge in [-0.1, -0.05) is 37.6 Å². The zero-order valence-corrected chi connectivity index (χ0v) is 10.00. The molecule has 0 spiro atoms. The molecule has 0 radical (unpaired) electrons. The van der Waals surface area contributed by atoms with Gasteiger partial charge in [-0.2, -0.15) is 5.10 Å². The molecule has 0 bridgehead atoms. The lowest BCUT2D eigenvalue weighted by Gasteiger charge is -2.13. The lowest BCUT2D eigenvalue weighted by molar-refractivity contribution is 0.662. The zero-order valence-electron chi connectivity index (χ0n) is 10.00. The van der Waals surface area contributed by atoms with Gasteiger partial charge in [0.05, 0.1) is 5.71 Å². The van der Waals surface area contributed by atoms with Gasteiger partial charge in [0.2, 0.25) is 0 Å². The molecule has 0 aliphatic carbocycles. The maximum Gasteiger partial charge on any atom is 0.0675 e. The average molecular weight is 216 g/mol. The van der Waals surface area contributed by atoms with Crippen LogP contribution in [0.15, 0.2) is 29.4 Å². The molecule has 1 N–H and O–H groups in total. The topological polar surface area (TPSA) is 24.4 Å². The van der Waals surface area contributed by atoms with Crippen molar-refractivity contribution in [3.63, 3.8) is 0 Å². The van der Waals surface area contributed by atoms with Crippen molar-refractivity contribution in [2.45, 2.75) is 39.0 Å². The molecule has 0 saturated carbocycles. The molecule has 0 amide bonds. The van der Waals surface area contributed by atoms with Crippen LogP contribution in [0.2, 0.25) is 0 Å². The Labute approximate surface area is 97.8 Å². The summed E-state index contributed by atoms with van der Waals surface area (Å²) in [7, 11) is 0. The molecule has 0 unspecified atom stereocenters. The van der Waals surface area contributed by atoms with Crippen LogP contribution in [0.25, 0.3) is 0 Å². The number of nitrogens with one attached hydrogen (secondary N) is 1. The third-order valence-corrected chi connectivity index (χ3v) is 3.02. The molecule has 2 nitrogen and oxygen atoms in total. The molecule has 1 aliphatic heterocycles. The summed E-state index contributed by atoms with van der Waals surface area (Å²) in [6, 6.07) is 8.89. The molecule has 1 aromatic rings. The van der Waals surface area contributed by atoms with Crippen LogP contribution in [0.1, 0.15) is 43.7 Å². The van der Waals surface area contributed by atoms with E-state index in [0.717, 1.165) is 13.0 Å². The van der Waals surface area contributed by atoms with Gasteiger partial charge < -0.3 is 5.43 Å². The molecule has 2 rings (SSSR count). The normalized spacial score (nSPS) is 15.4. The van der Waals surface area contributed by atoms with Crippen molar-refractivity contribution in [2.24, 2.45) is 5.10 Å². The SMILES string of the molecule is CCCCc1ccc(C2=NNCCC2)cc1. The Balaban J connectivity index is 2.03. The number of hydrogen-bond acceptors (Lipinski definition) is 2. The van der Waals surface area contributed by atoms with Crippen molar-refractivity contribution in [2.75, 3.05) is 6.54 Å². The van der Waals surface area contributed by atoms with E-state index in [1.165, 1.54) is 42.5 Å². The second-order valence-corrected chi connectivity index (χ2v) is 4.37. The quantitative estimate of drug-likeness (QED) is 0.821. The molecule has 1 aliphatic rings. The third kappa shape index (κ3) is 2.84. The first-order chi connectivity index (χ1) is 7.90. The van der Waals surface area contributed by atoms with Crippen LogP contribution in [0.4, 0.5) is 0 Å². The van der Waals surface area contributed by atoms with Crippen LogP contribution in [-0.2, 0) is 6.42 Å². The van der Waals surface area contributed by atoms with Gasteiger partial charge in [0.15, 0.2) is 0 Å². The first-order valence-electron chi connectivity index (χ1n) is 6.29. The number of unbranched alkanes of at least 4 members (excludes halogenated alkanes) is 1. The summed E-state index contributed by atoms with van der Waals surface area (Å²) in [6.45, 7) is 3.24. The summed E-state index contributed by atoms with van der Waals surface area (Å²) in [4.78, 5) is 0. The Kier molecular flexibility index (Phi) is 3.97. The number of nitrogens with zero attached hydrogens (tertiary/aromatic N) is 1. The van der Waals surface area contributed by atoms with Crippen molar-refractivity contribution in [3.8, 4) is 0 Å². The summed E-state index contributed by atoms with van der Waals surface area (Å²) < 4.78 is 0. The fourth-order valence-electron chi connectivity index (χ4n) is 2.00. The fraction of sp³-hybridized carbons (Fsp3) is 0.500. The van der Waals surface area contributed by atoms with Crippen LogP contribution >= 0.6 is 0 Å². The number of aryl methyl sites for hydroxylation is 1. The Morgan fingerprint density at radius 2 is 2.06 bits per heavy atom. The molecule has 86 valence electrons. The van der Waals surface area contributed by atoms with E-state index in [0.29, 0.717) is 0 Å². The Bertz CT molecular complexity index is 352. The minimum atomic E-state index is 1.01. The first kappa shape index (κ1) is 11.2. The monoisotopic (exact) mass is 216 g/mol. The van der Waals surface area contributed by atoms with Gasteiger partial charge in [-0.05, 0) is 36.8 Å². The number of rotatable bonds is 4. The average Bonchev–Trinajstić information content (AvgIpc) is 2.38. The first-order valence-corrected chi connectivity index (χ1v) is 6.29. The standard InChI is InChI=1S/C14H20N2/c1-2-3-5-12-7-9-13(10-8-12)14-6-4-11-15-16-14/h7-10,15H,2-6,11H2,1H3. The van der Waals surface area contributed by atoms with Crippen LogP contribution in [-0.4, -0.2) is 12.3 Å². The van der Waals surface area contributed by atoms with Gasteiger partial charge >= 0.3 is 0 Å². The van der Waals surface area contributed by atoms with Gasteiger partial charge in [0.25, 0.3) is 0 Å². The highest BCUT2D eigenvalue weighted by atomic mass is 15.3. The second kappa shape index (κ2) is 5.69. The van der Waals surface area contributed by atoms with Crippen LogP contribution in [0, 0.1) is 0 Å². The lowest BCUT2D eigenvalue weighted by Crippen LogP contribution is -2.19. The number of benzene rings is 1. The van der Waals surface area contributed by atoms with E-state index >= 15 is 0 Å². The smallest absolute Gasteiger partial charge is 0.0675 e. The fourth-order valence-corrected chi connectivity index (χ4v) is 2.00.